The van der Waals surface area contributed by atoms with Crippen molar-refractivity contribution in [3.8, 4) is 5.75 Å². The summed E-state index contributed by atoms with van der Waals surface area (Å²) in [6.45, 7) is -0.715. The van der Waals surface area contributed by atoms with E-state index in [0.29, 0.717) is 11.3 Å². The molecule has 2 rings (SSSR count). The molecule has 0 bridgehead atoms. The zero-order valence-electron chi connectivity index (χ0n) is 13.9. The van der Waals surface area contributed by atoms with Gasteiger partial charge in [0.15, 0.2) is 5.78 Å². The minimum Gasteiger partial charge on any atom is -0.497 e. The molecule has 0 saturated carbocycles. The van der Waals surface area contributed by atoms with Gasteiger partial charge in [0, 0.05) is 5.56 Å². The molecule has 0 amide bonds. The first kappa shape index (κ1) is 19.4. The lowest BCUT2D eigenvalue weighted by molar-refractivity contribution is -0.135. The van der Waals surface area contributed by atoms with E-state index in [4.69, 9.17) is 9.84 Å². The van der Waals surface area contributed by atoms with Crippen LogP contribution in [0.25, 0.3) is 6.08 Å². The number of benzene rings is 2. The minimum atomic E-state index is -3.93. The zero-order valence-corrected chi connectivity index (χ0v) is 14.7. The molecule has 0 spiro atoms. The van der Waals surface area contributed by atoms with Crippen LogP contribution in [0.3, 0.4) is 0 Å². The molecule has 0 aromatic heterocycles. The Balaban J connectivity index is 2.08. The van der Waals surface area contributed by atoms with Gasteiger partial charge in [0.05, 0.1) is 12.0 Å². The van der Waals surface area contributed by atoms with Crippen LogP contribution in [0.2, 0.25) is 0 Å². The highest BCUT2D eigenvalue weighted by Gasteiger charge is 2.15. The first-order valence-corrected chi connectivity index (χ1v) is 8.98. The fourth-order valence-corrected chi connectivity index (χ4v) is 3.00. The second-order valence-electron chi connectivity index (χ2n) is 5.21. The van der Waals surface area contributed by atoms with Crippen LogP contribution in [0.4, 0.5) is 0 Å². The summed E-state index contributed by atoms with van der Waals surface area (Å²) in [6.07, 6.45) is 3.02. The van der Waals surface area contributed by atoms with Crippen LogP contribution in [0.15, 0.2) is 59.5 Å². The third-order valence-corrected chi connectivity index (χ3v) is 4.82. The summed E-state index contributed by atoms with van der Waals surface area (Å²) in [5.74, 6) is -0.867. The van der Waals surface area contributed by atoms with Gasteiger partial charge in [0.2, 0.25) is 10.0 Å². The number of sulfonamides is 1. The molecule has 0 radical (unpaired) electrons. The number of carboxylic acid groups (broad SMARTS) is 1. The van der Waals surface area contributed by atoms with Gasteiger partial charge in [0.1, 0.15) is 12.3 Å². The van der Waals surface area contributed by atoms with Crippen LogP contribution < -0.4 is 9.46 Å². The third-order valence-electron chi connectivity index (χ3n) is 3.41. The normalized spacial score (nSPS) is 11.4. The quantitative estimate of drug-likeness (QED) is 0.539. The number of hydrogen-bond donors (Lipinski definition) is 2. The molecule has 7 nitrogen and oxygen atoms in total. The Morgan fingerprint density at radius 2 is 1.69 bits per heavy atom. The van der Waals surface area contributed by atoms with Crippen molar-refractivity contribution in [1.29, 1.82) is 0 Å². The van der Waals surface area contributed by atoms with E-state index in [1.807, 2.05) is 4.72 Å². The van der Waals surface area contributed by atoms with Gasteiger partial charge >= 0.3 is 5.97 Å². The molecule has 0 unspecified atom stereocenters. The highest BCUT2D eigenvalue weighted by atomic mass is 32.2. The van der Waals surface area contributed by atoms with Gasteiger partial charge in [-0.2, -0.15) is 4.72 Å². The van der Waals surface area contributed by atoms with Gasteiger partial charge < -0.3 is 9.84 Å². The number of hydrogen-bond acceptors (Lipinski definition) is 5. The van der Waals surface area contributed by atoms with Crippen LogP contribution in [0, 0.1) is 0 Å². The molecule has 0 fully saturated rings. The second kappa shape index (κ2) is 8.41. The highest BCUT2D eigenvalue weighted by Crippen LogP contribution is 2.14. The SMILES string of the molecule is COc1ccc(/C=C/C(=O)c2ccc(S(=O)(=O)NCC(=O)O)cc2)cc1. The van der Waals surface area contributed by atoms with Crippen molar-refractivity contribution in [3.63, 3.8) is 0 Å². The number of carboxylic acids is 1. The van der Waals surface area contributed by atoms with Crippen molar-refractivity contribution in [1.82, 2.24) is 4.72 Å². The number of ether oxygens (including phenoxy) is 1. The van der Waals surface area contributed by atoms with Crippen molar-refractivity contribution in [2.45, 2.75) is 4.90 Å². The standard InChI is InChI=1S/C18H17NO6S/c1-25-15-7-2-13(3-8-15)4-11-17(20)14-5-9-16(10-6-14)26(23,24)19-12-18(21)22/h2-11,19H,12H2,1H3,(H,21,22)/b11-4+. The highest BCUT2D eigenvalue weighted by molar-refractivity contribution is 7.89. The number of nitrogens with one attached hydrogen (secondary N) is 1. The molecular formula is C18H17NO6S. The maximum absolute atomic E-state index is 12.2. The van der Waals surface area contributed by atoms with Crippen LogP contribution in [0.5, 0.6) is 5.75 Å². The van der Waals surface area contributed by atoms with Gasteiger partial charge in [-0.3, -0.25) is 9.59 Å². The average molecular weight is 375 g/mol. The molecule has 0 heterocycles. The molecule has 26 heavy (non-hydrogen) atoms. The third kappa shape index (κ3) is 5.27. The van der Waals surface area contributed by atoms with Crippen molar-refractivity contribution >= 4 is 27.9 Å². The minimum absolute atomic E-state index is 0.116. The molecule has 136 valence electrons. The summed E-state index contributed by atoms with van der Waals surface area (Å²) >= 11 is 0. The van der Waals surface area contributed by atoms with E-state index in [9.17, 15) is 18.0 Å². The van der Waals surface area contributed by atoms with Crippen molar-refractivity contribution in [3.05, 3.63) is 65.7 Å². The van der Waals surface area contributed by atoms with Crippen molar-refractivity contribution in [2.24, 2.45) is 0 Å². The fraction of sp³-hybridized carbons (Fsp3) is 0.111. The van der Waals surface area contributed by atoms with Crippen LogP contribution in [-0.4, -0.2) is 38.9 Å². The Morgan fingerprint density at radius 3 is 2.23 bits per heavy atom. The summed E-state index contributed by atoms with van der Waals surface area (Å²) < 4.78 is 30.8. The lowest BCUT2D eigenvalue weighted by Crippen LogP contribution is -2.29. The number of rotatable bonds is 8. The summed E-state index contributed by atoms with van der Waals surface area (Å²) in [5.41, 5.74) is 1.13. The van der Waals surface area contributed by atoms with Crippen LogP contribution in [-0.2, 0) is 14.8 Å². The molecule has 0 aliphatic carbocycles. The van der Waals surface area contributed by atoms with Gasteiger partial charge in [-0.1, -0.05) is 18.2 Å². The van der Waals surface area contributed by atoms with Gasteiger partial charge in [-0.25, -0.2) is 8.42 Å². The number of aliphatic carboxylic acids is 1. The Labute approximate surface area is 151 Å². The Hall–Kier alpha value is -2.97. The Kier molecular flexibility index (Phi) is 6.26. The smallest absolute Gasteiger partial charge is 0.318 e. The van der Waals surface area contributed by atoms with E-state index in [1.165, 1.54) is 30.3 Å². The lowest BCUT2D eigenvalue weighted by Gasteiger charge is -2.05. The number of allylic oxidation sites excluding steroid dienone is 1. The summed E-state index contributed by atoms with van der Waals surface area (Å²) in [4.78, 5) is 22.5. The maximum atomic E-state index is 12.2. The molecule has 0 atom stereocenters. The molecule has 8 heteroatoms. The second-order valence-corrected chi connectivity index (χ2v) is 6.98. The Morgan fingerprint density at radius 1 is 1.08 bits per heavy atom. The number of ketones is 1. The molecule has 2 aromatic rings. The summed E-state index contributed by atoms with van der Waals surface area (Å²) in [7, 11) is -2.37. The van der Waals surface area contributed by atoms with E-state index in [2.05, 4.69) is 0 Å². The van der Waals surface area contributed by atoms with E-state index in [-0.39, 0.29) is 10.7 Å². The summed E-state index contributed by atoms with van der Waals surface area (Å²) in [6, 6.07) is 12.4. The fourth-order valence-electron chi connectivity index (χ4n) is 2.02. The summed E-state index contributed by atoms with van der Waals surface area (Å²) in [5, 5.41) is 8.54. The number of carbonyl (C=O) groups is 2. The van der Waals surface area contributed by atoms with Gasteiger partial charge in [-0.15, -0.1) is 0 Å². The van der Waals surface area contributed by atoms with Gasteiger partial charge in [-0.05, 0) is 48.0 Å². The first-order chi connectivity index (χ1) is 12.3. The largest absolute Gasteiger partial charge is 0.497 e. The number of carbonyl (C=O) groups excluding carboxylic acids is 1. The molecular weight excluding hydrogens is 358 g/mol. The zero-order chi connectivity index (χ0) is 19.2. The van der Waals surface area contributed by atoms with Crippen LogP contribution in [0.1, 0.15) is 15.9 Å². The average Bonchev–Trinajstić information content (AvgIpc) is 2.65. The lowest BCUT2D eigenvalue weighted by atomic mass is 10.1. The van der Waals surface area contributed by atoms with Crippen LogP contribution >= 0.6 is 0 Å². The van der Waals surface area contributed by atoms with Crippen molar-refractivity contribution in [2.75, 3.05) is 13.7 Å². The number of methoxy groups -OCH3 is 1. The van der Waals surface area contributed by atoms with E-state index >= 15 is 0 Å². The predicted molar refractivity (Wildman–Crippen MR) is 95.6 cm³/mol. The predicted octanol–water partition coefficient (Wildman–Crippen LogP) is 1.95. The first-order valence-electron chi connectivity index (χ1n) is 7.50. The molecule has 0 aliphatic heterocycles. The van der Waals surface area contributed by atoms with E-state index < -0.39 is 22.5 Å². The molecule has 0 saturated heterocycles. The van der Waals surface area contributed by atoms with E-state index in [1.54, 1.807) is 37.5 Å². The van der Waals surface area contributed by atoms with Crippen molar-refractivity contribution < 1.29 is 27.9 Å². The topological polar surface area (TPSA) is 110 Å². The van der Waals surface area contributed by atoms with Gasteiger partial charge in [0.25, 0.3) is 0 Å². The maximum Gasteiger partial charge on any atom is 0.318 e. The molecule has 2 N–H and O–H groups in total. The molecule has 2 aromatic carbocycles. The monoisotopic (exact) mass is 375 g/mol. The van der Waals surface area contributed by atoms with E-state index in [0.717, 1.165) is 5.56 Å². The molecule has 0 aliphatic rings. The Bertz CT molecular complexity index is 915.